The lowest BCUT2D eigenvalue weighted by Crippen LogP contribution is -2.51. The molecule has 1 aliphatic rings. The quantitative estimate of drug-likeness (QED) is 0.278. The summed E-state index contributed by atoms with van der Waals surface area (Å²) in [4.78, 5) is 33.3. The summed E-state index contributed by atoms with van der Waals surface area (Å²) in [5.74, 6) is 3.51. The van der Waals surface area contributed by atoms with Gasteiger partial charge in [-0.1, -0.05) is 55.1 Å². The van der Waals surface area contributed by atoms with Crippen LogP contribution in [0, 0.1) is 12.3 Å². The van der Waals surface area contributed by atoms with E-state index in [0.717, 1.165) is 11.3 Å². The van der Waals surface area contributed by atoms with E-state index in [1.165, 1.54) is 0 Å². The van der Waals surface area contributed by atoms with E-state index in [1.54, 1.807) is 68.3 Å². The standard InChI is InChI=1S/C32H33Cl2N3O5/c1-7-14-40-22-11-8-20(9-12-22)15-25(36-30(39)42-31(2,3)4)29(38)37-19-32(5,6)28-26(37)17-23(18-35-28)41-27-13-10-21(33)16-24(27)34/h1,8-13,16-18,25H,14-15,19H2,2-6H3,(H,36,39)/t25-/m0/s1. The topological polar surface area (TPSA) is 90.0 Å². The Hall–Kier alpha value is -3.93. The molecule has 10 heteroatoms. The predicted octanol–water partition coefficient (Wildman–Crippen LogP) is 6.95. The van der Waals surface area contributed by atoms with Crippen LogP contribution < -0.4 is 19.7 Å². The first-order valence-corrected chi connectivity index (χ1v) is 14.1. The molecular formula is C32H33Cl2N3O5. The van der Waals surface area contributed by atoms with E-state index in [-0.39, 0.29) is 18.9 Å². The van der Waals surface area contributed by atoms with Crippen molar-refractivity contribution in [3.05, 3.63) is 76.0 Å². The van der Waals surface area contributed by atoms with Gasteiger partial charge in [0.1, 0.15) is 35.5 Å². The van der Waals surface area contributed by atoms with Gasteiger partial charge in [-0.25, -0.2) is 4.79 Å². The Bertz CT molecular complexity index is 1510. The summed E-state index contributed by atoms with van der Waals surface area (Å²) in [6.07, 6.45) is 6.39. The molecule has 8 nitrogen and oxygen atoms in total. The van der Waals surface area contributed by atoms with Crippen LogP contribution in [0.5, 0.6) is 17.2 Å². The SMILES string of the molecule is C#CCOc1ccc(C[C@H](NC(=O)OC(C)(C)C)C(=O)N2CC(C)(C)c3ncc(Oc4ccc(Cl)cc4Cl)cc32)cc1. The third-order valence-corrected chi connectivity index (χ3v) is 6.92. The van der Waals surface area contributed by atoms with Crippen LogP contribution in [0.25, 0.3) is 0 Å². The Morgan fingerprint density at radius 3 is 2.48 bits per heavy atom. The highest BCUT2D eigenvalue weighted by molar-refractivity contribution is 6.35. The molecule has 0 bridgehead atoms. The zero-order valence-electron chi connectivity index (χ0n) is 24.2. The second-order valence-electron chi connectivity index (χ2n) is 11.6. The van der Waals surface area contributed by atoms with Crippen LogP contribution in [0.4, 0.5) is 10.5 Å². The number of pyridine rings is 1. The van der Waals surface area contributed by atoms with Crippen LogP contribution >= 0.6 is 23.2 Å². The number of carbonyl (C=O) groups is 2. The number of fused-ring (bicyclic) bond motifs is 1. The highest BCUT2D eigenvalue weighted by Gasteiger charge is 2.42. The lowest BCUT2D eigenvalue weighted by Gasteiger charge is -2.27. The summed E-state index contributed by atoms with van der Waals surface area (Å²) in [7, 11) is 0. The summed E-state index contributed by atoms with van der Waals surface area (Å²) in [5, 5.41) is 3.61. The Labute approximate surface area is 256 Å². The highest BCUT2D eigenvalue weighted by atomic mass is 35.5. The molecule has 220 valence electrons. The predicted molar refractivity (Wildman–Crippen MR) is 164 cm³/mol. The highest BCUT2D eigenvalue weighted by Crippen LogP contribution is 2.42. The number of nitrogens with zero attached hydrogens (tertiary/aromatic N) is 2. The number of aromatic nitrogens is 1. The van der Waals surface area contributed by atoms with Gasteiger partial charge in [-0.2, -0.15) is 0 Å². The van der Waals surface area contributed by atoms with Crippen molar-refractivity contribution in [2.75, 3.05) is 18.1 Å². The van der Waals surface area contributed by atoms with E-state index in [9.17, 15) is 9.59 Å². The van der Waals surface area contributed by atoms with E-state index in [1.807, 2.05) is 26.0 Å². The summed E-state index contributed by atoms with van der Waals surface area (Å²) in [6.45, 7) is 9.80. The number of anilines is 1. The van der Waals surface area contributed by atoms with E-state index in [0.29, 0.717) is 39.5 Å². The van der Waals surface area contributed by atoms with Gasteiger partial charge in [0.25, 0.3) is 0 Å². The molecule has 3 aromatic rings. The Balaban J connectivity index is 1.64. The summed E-state index contributed by atoms with van der Waals surface area (Å²) in [6, 6.07) is 12.9. The Morgan fingerprint density at radius 1 is 1.12 bits per heavy atom. The fourth-order valence-electron chi connectivity index (χ4n) is 4.58. The van der Waals surface area contributed by atoms with Crippen LogP contribution in [-0.2, 0) is 21.4 Å². The molecule has 0 aliphatic carbocycles. The van der Waals surface area contributed by atoms with Crippen molar-refractivity contribution >= 4 is 40.9 Å². The number of benzene rings is 2. The van der Waals surface area contributed by atoms with Gasteiger partial charge in [-0.3, -0.25) is 9.78 Å². The molecule has 2 heterocycles. The van der Waals surface area contributed by atoms with Crippen molar-refractivity contribution < 1.29 is 23.8 Å². The molecule has 42 heavy (non-hydrogen) atoms. The lowest BCUT2D eigenvalue weighted by molar-refractivity contribution is -0.120. The number of alkyl carbamates (subject to hydrolysis) is 1. The number of carbonyl (C=O) groups excluding carboxylic acids is 2. The van der Waals surface area contributed by atoms with Crippen molar-refractivity contribution in [3.63, 3.8) is 0 Å². The number of nitrogens with one attached hydrogen (secondary N) is 1. The monoisotopic (exact) mass is 609 g/mol. The third-order valence-electron chi connectivity index (χ3n) is 6.39. The van der Waals surface area contributed by atoms with Crippen molar-refractivity contribution in [2.45, 2.75) is 58.1 Å². The average Bonchev–Trinajstić information content (AvgIpc) is 3.18. The molecule has 4 rings (SSSR count). The van der Waals surface area contributed by atoms with Gasteiger partial charge in [0.2, 0.25) is 5.91 Å². The van der Waals surface area contributed by atoms with Crippen molar-refractivity contribution in [1.29, 1.82) is 0 Å². The second-order valence-corrected chi connectivity index (χ2v) is 12.4. The minimum absolute atomic E-state index is 0.148. The zero-order chi connectivity index (χ0) is 30.7. The maximum Gasteiger partial charge on any atom is 0.408 e. The van der Waals surface area contributed by atoms with Crippen LogP contribution in [0.15, 0.2) is 54.7 Å². The minimum atomic E-state index is -0.936. The van der Waals surface area contributed by atoms with Gasteiger partial charge in [-0.15, -0.1) is 6.42 Å². The van der Waals surface area contributed by atoms with Crippen molar-refractivity contribution in [1.82, 2.24) is 10.3 Å². The first kappa shape index (κ1) is 31.0. The van der Waals surface area contributed by atoms with Gasteiger partial charge in [-0.05, 0) is 56.7 Å². The summed E-state index contributed by atoms with van der Waals surface area (Å²) >= 11 is 12.3. The van der Waals surface area contributed by atoms with Gasteiger partial charge in [0.05, 0.1) is 22.6 Å². The molecule has 1 aliphatic heterocycles. The van der Waals surface area contributed by atoms with Gasteiger partial charge in [0, 0.05) is 29.5 Å². The number of terminal acetylenes is 1. The average molecular weight is 611 g/mol. The Morgan fingerprint density at radius 2 is 1.83 bits per heavy atom. The molecule has 0 fully saturated rings. The molecule has 1 aromatic heterocycles. The molecule has 2 amide bonds. The number of rotatable bonds is 8. The normalized spacial score (nSPS) is 14.4. The fourth-order valence-corrected chi connectivity index (χ4v) is 5.02. The molecule has 1 N–H and O–H groups in total. The first-order chi connectivity index (χ1) is 19.8. The van der Waals surface area contributed by atoms with Crippen LogP contribution in [0.3, 0.4) is 0 Å². The number of hydrogen-bond acceptors (Lipinski definition) is 6. The molecular weight excluding hydrogens is 577 g/mol. The van der Waals surface area contributed by atoms with Gasteiger partial charge < -0.3 is 24.4 Å². The number of ether oxygens (including phenoxy) is 3. The van der Waals surface area contributed by atoms with Gasteiger partial charge >= 0.3 is 6.09 Å². The number of halogens is 2. The lowest BCUT2D eigenvalue weighted by atomic mass is 9.91. The molecule has 0 saturated carbocycles. The van der Waals surface area contributed by atoms with E-state index in [4.69, 9.17) is 43.8 Å². The van der Waals surface area contributed by atoms with E-state index >= 15 is 0 Å². The molecule has 0 unspecified atom stereocenters. The first-order valence-electron chi connectivity index (χ1n) is 13.4. The number of hydrogen-bond donors (Lipinski definition) is 1. The van der Waals surface area contributed by atoms with Crippen LogP contribution in [0.1, 0.15) is 45.9 Å². The zero-order valence-corrected chi connectivity index (χ0v) is 25.7. The van der Waals surface area contributed by atoms with Crippen LogP contribution in [0.2, 0.25) is 10.0 Å². The van der Waals surface area contributed by atoms with Gasteiger partial charge in [0.15, 0.2) is 0 Å². The molecule has 0 radical (unpaired) electrons. The maximum absolute atomic E-state index is 14.2. The van der Waals surface area contributed by atoms with E-state index < -0.39 is 23.2 Å². The minimum Gasteiger partial charge on any atom is -0.481 e. The number of amides is 2. The van der Waals surface area contributed by atoms with Crippen molar-refractivity contribution in [2.24, 2.45) is 0 Å². The maximum atomic E-state index is 14.2. The smallest absolute Gasteiger partial charge is 0.408 e. The largest absolute Gasteiger partial charge is 0.481 e. The molecule has 2 aromatic carbocycles. The second kappa shape index (κ2) is 12.5. The molecule has 0 saturated heterocycles. The summed E-state index contributed by atoms with van der Waals surface area (Å²) < 4.78 is 16.9. The fraction of sp³-hybridized carbons (Fsp3) is 0.344. The Kier molecular flexibility index (Phi) is 9.24. The third kappa shape index (κ3) is 7.67. The molecule has 0 spiro atoms. The van der Waals surface area contributed by atoms with E-state index in [2.05, 4.69) is 16.2 Å². The van der Waals surface area contributed by atoms with Crippen LogP contribution in [-0.4, -0.2) is 41.8 Å². The van der Waals surface area contributed by atoms with Crippen molar-refractivity contribution in [3.8, 4) is 29.6 Å². The summed E-state index contributed by atoms with van der Waals surface area (Å²) in [5.41, 5.74) is 0.935. The molecule has 1 atom stereocenters.